The molecule has 1 aromatic carbocycles. The van der Waals surface area contributed by atoms with Crippen LogP contribution < -0.4 is 0 Å². The molecule has 130 valence electrons. The van der Waals surface area contributed by atoms with Gasteiger partial charge in [0.2, 0.25) is 0 Å². The highest BCUT2D eigenvalue weighted by Gasteiger charge is 2.50. The molecule has 1 heterocycles. The third-order valence-corrected chi connectivity index (χ3v) is 4.33. The van der Waals surface area contributed by atoms with Crippen molar-refractivity contribution in [3.8, 4) is 0 Å². The predicted molar refractivity (Wildman–Crippen MR) is 95.5 cm³/mol. The van der Waals surface area contributed by atoms with Crippen LogP contribution in [0.25, 0.3) is 0 Å². The van der Waals surface area contributed by atoms with Crippen LogP contribution in [0.4, 0.5) is 4.79 Å². The van der Waals surface area contributed by atoms with Crippen molar-refractivity contribution in [2.75, 3.05) is 6.54 Å². The Hall–Kier alpha value is -1.81. The molecule has 4 nitrogen and oxygen atoms in total. The highest BCUT2D eigenvalue weighted by atomic mass is 35.5. The van der Waals surface area contributed by atoms with Crippen LogP contribution >= 0.6 is 11.6 Å². The van der Waals surface area contributed by atoms with E-state index < -0.39 is 17.2 Å². The lowest BCUT2D eigenvalue weighted by molar-refractivity contribution is 0.00913. The summed E-state index contributed by atoms with van der Waals surface area (Å²) in [6.07, 6.45) is 2.95. The minimum atomic E-state index is -0.950. The normalized spacial score (nSPS) is 20.8. The van der Waals surface area contributed by atoms with Crippen LogP contribution in [0.2, 0.25) is 5.02 Å². The number of carbonyl (C=O) groups excluding carboxylic acids is 2. The zero-order valence-electron chi connectivity index (χ0n) is 14.5. The zero-order valence-corrected chi connectivity index (χ0v) is 15.2. The van der Waals surface area contributed by atoms with Gasteiger partial charge in [0.05, 0.1) is 0 Å². The first kappa shape index (κ1) is 18.5. The first-order valence-corrected chi connectivity index (χ1v) is 8.49. The third-order valence-electron chi connectivity index (χ3n) is 4.09. The van der Waals surface area contributed by atoms with E-state index in [1.807, 2.05) is 20.8 Å². The number of hydrogen-bond acceptors (Lipinski definition) is 3. The summed E-state index contributed by atoms with van der Waals surface area (Å²) < 4.78 is 5.51. The third kappa shape index (κ3) is 3.81. The molecule has 1 saturated heterocycles. The summed E-state index contributed by atoms with van der Waals surface area (Å²) in [6, 6.07) is 6.83. The fourth-order valence-electron chi connectivity index (χ4n) is 3.14. The number of hydrogen-bond donors (Lipinski definition) is 0. The maximum Gasteiger partial charge on any atom is 0.411 e. The van der Waals surface area contributed by atoms with Gasteiger partial charge in [-0.05, 0) is 52.2 Å². The largest absolute Gasteiger partial charge is 0.444 e. The van der Waals surface area contributed by atoms with Gasteiger partial charge in [0.25, 0.3) is 0 Å². The Labute approximate surface area is 148 Å². The van der Waals surface area contributed by atoms with Gasteiger partial charge in [-0.1, -0.05) is 29.8 Å². The Balaban J connectivity index is 2.39. The van der Waals surface area contributed by atoms with Crippen molar-refractivity contribution >= 4 is 23.5 Å². The van der Waals surface area contributed by atoms with E-state index in [4.69, 9.17) is 16.3 Å². The molecule has 1 aliphatic rings. The highest BCUT2D eigenvalue weighted by molar-refractivity contribution is 6.31. The monoisotopic (exact) mass is 349 g/mol. The Bertz CT molecular complexity index is 650. The highest BCUT2D eigenvalue weighted by Crippen LogP contribution is 2.37. The Morgan fingerprint density at radius 3 is 2.71 bits per heavy atom. The minimum Gasteiger partial charge on any atom is -0.444 e. The minimum absolute atomic E-state index is 0.117. The lowest BCUT2D eigenvalue weighted by atomic mass is 9.83. The van der Waals surface area contributed by atoms with E-state index in [0.29, 0.717) is 30.0 Å². The number of nitrogens with zero attached hydrogens (tertiary/aromatic N) is 1. The lowest BCUT2D eigenvalue weighted by Crippen LogP contribution is -2.54. The van der Waals surface area contributed by atoms with Gasteiger partial charge in [0, 0.05) is 17.1 Å². The van der Waals surface area contributed by atoms with Crippen molar-refractivity contribution in [1.29, 1.82) is 0 Å². The summed E-state index contributed by atoms with van der Waals surface area (Å²) in [5, 5.41) is 0.497. The number of ketones is 1. The summed E-state index contributed by atoms with van der Waals surface area (Å²) in [4.78, 5) is 27.4. The van der Waals surface area contributed by atoms with Gasteiger partial charge < -0.3 is 4.74 Å². The fraction of sp³-hybridized carbons (Fsp3) is 0.474. The molecule has 1 atom stereocenters. The van der Waals surface area contributed by atoms with Gasteiger partial charge in [-0.15, -0.1) is 6.58 Å². The van der Waals surface area contributed by atoms with E-state index in [-0.39, 0.29) is 5.78 Å². The van der Waals surface area contributed by atoms with Crippen molar-refractivity contribution in [3.05, 3.63) is 47.5 Å². The number of benzene rings is 1. The van der Waals surface area contributed by atoms with Gasteiger partial charge >= 0.3 is 6.09 Å². The average molecular weight is 350 g/mol. The van der Waals surface area contributed by atoms with Crippen LogP contribution in [-0.2, 0) is 4.74 Å². The van der Waals surface area contributed by atoms with E-state index in [0.717, 1.165) is 6.42 Å². The van der Waals surface area contributed by atoms with Crippen LogP contribution in [0.1, 0.15) is 50.4 Å². The van der Waals surface area contributed by atoms with Crippen LogP contribution in [0.3, 0.4) is 0 Å². The Morgan fingerprint density at radius 2 is 2.12 bits per heavy atom. The molecule has 0 N–H and O–H groups in total. The number of halogens is 1. The van der Waals surface area contributed by atoms with E-state index in [9.17, 15) is 9.59 Å². The molecule has 24 heavy (non-hydrogen) atoms. The van der Waals surface area contributed by atoms with Crippen molar-refractivity contribution in [1.82, 2.24) is 4.90 Å². The van der Waals surface area contributed by atoms with Gasteiger partial charge in [-0.3, -0.25) is 9.69 Å². The van der Waals surface area contributed by atoms with Crippen LogP contribution in [0.15, 0.2) is 36.9 Å². The van der Waals surface area contributed by atoms with E-state index in [1.54, 1.807) is 35.2 Å². The van der Waals surface area contributed by atoms with Crippen molar-refractivity contribution in [2.45, 2.75) is 51.2 Å². The number of ether oxygens (including phenoxy) is 1. The summed E-state index contributed by atoms with van der Waals surface area (Å²) in [6.45, 7) is 9.71. The Morgan fingerprint density at radius 1 is 1.42 bits per heavy atom. The van der Waals surface area contributed by atoms with E-state index >= 15 is 0 Å². The quantitative estimate of drug-likeness (QED) is 0.575. The predicted octanol–water partition coefficient (Wildman–Crippen LogP) is 4.87. The average Bonchev–Trinajstić information content (AvgIpc) is 2.90. The number of likely N-dealkylation sites (tertiary alicyclic amines) is 1. The van der Waals surface area contributed by atoms with Crippen molar-refractivity contribution in [3.63, 3.8) is 0 Å². The number of rotatable bonds is 4. The van der Waals surface area contributed by atoms with E-state index in [2.05, 4.69) is 6.58 Å². The second kappa shape index (κ2) is 6.98. The number of Topliss-reactive ketones (excluding diaryl/α,β-unsaturated/α-hetero) is 1. The summed E-state index contributed by atoms with van der Waals surface area (Å²) in [5.41, 5.74) is -1.06. The molecule has 1 amide bonds. The van der Waals surface area contributed by atoms with Gasteiger partial charge in [0.1, 0.15) is 11.1 Å². The molecular formula is C19H24ClNO3. The smallest absolute Gasteiger partial charge is 0.411 e. The number of carbonyl (C=O) groups is 2. The summed E-state index contributed by atoms with van der Waals surface area (Å²) >= 11 is 6.03. The summed E-state index contributed by atoms with van der Waals surface area (Å²) in [7, 11) is 0. The molecule has 0 aliphatic carbocycles. The van der Waals surface area contributed by atoms with Crippen LogP contribution in [-0.4, -0.2) is 34.5 Å². The molecule has 2 rings (SSSR count). The molecule has 0 bridgehead atoms. The fourth-order valence-corrected chi connectivity index (χ4v) is 3.33. The topological polar surface area (TPSA) is 46.6 Å². The zero-order chi connectivity index (χ0) is 18.0. The molecule has 1 fully saturated rings. The standard InChI is InChI=1S/C19H24ClNO3/c1-5-10-19(16(22)14-8-6-9-15(20)13-14)11-7-12-21(19)17(23)24-18(2,3)4/h5-6,8-9,13H,1,7,10-12H2,2-4H3/t19-/m1/s1. The van der Waals surface area contributed by atoms with E-state index in [1.165, 1.54) is 0 Å². The van der Waals surface area contributed by atoms with Gasteiger partial charge in [-0.25, -0.2) is 4.79 Å². The van der Waals surface area contributed by atoms with Crippen molar-refractivity contribution in [2.24, 2.45) is 0 Å². The molecule has 5 heteroatoms. The molecule has 0 spiro atoms. The second-order valence-electron chi connectivity index (χ2n) is 7.10. The molecule has 0 unspecified atom stereocenters. The molecule has 0 radical (unpaired) electrons. The second-order valence-corrected chi connectivity index (χ2v) is 7.54. The molecule has 0 aromatic heterocycles. The molecule has 1 aliphatic heterocycles. The van der Waals surface area contributed by atoms with Gasteiger partial charge in [0.15, 0.2) is 5.78 Å². The van der Waals surface area contributed by atoms with Crippen LogP contribution in [0.5, 0.6) is 0 Å². The van der Waals surface area contributed by atoms with Gasteiger partial charge in [-0.2, -0.15) is 0 Å². The van der Waals surface area contributed by atoms with Crippen molar-refractivity contribution < 1.29 is 14.3 Å². The molecular weight excluding hydrogens is 326 g/mol. The van der Waals surface area contributed by atoms with Crippen LogP contribution in [0, 0.1) is 0 Å². The molecule has 0 saturated carbocycles. The maximum atomic E-state index is 13.2. The Kier molecular flexibility index (Phi) is 5.38. The maximum absolute atomic E-state index is 13.2. The SMILES string of the molecule is C=CC[C@]1(C(=O)c2cccc(Cl)c2)CCCN1C(=O)OC(C)(C)C. The molecule has 1 aromatic rings. The summed E-state index contributed by atoms with van der Waals surface area (Å²) in [5.74, 6) is -0.117. The first-order valence-electron chi connectivity index (χ1n) is 8.11. The lowest BCUT2D eigenvalue weighted by Gasteiger charge is -2.37. The number of amides is 1. The first-order chi connectivity index (χ1) is 11.2.